The first-order chi connectivity index (χ1) is 9.06. The lowest BCUT2D eigenvalue weighted by molar-refractivity contribution is 0.0937. The Bertz CT molecular complexity index is 541. The zero-order valence-electron chi connectivity index (χ0n) is 10.0. The van der Waals surface area contributed by atoms with Crippen LogP contribution in [0.25, 0.3) is 0 Å². The van der Waals surface area contributed by atoms with Gasteiger partial charge in [0.2, 0.25) is 0 Å². The molecule has 3 amide bonds. The topological polar surface area (TPSA) is 94.3 Å². The highest BCUT2D eigenvalue weighted by Gasteiger charge is 2.14. The lowest BCUT2D eigenvalue weighted by Crippen LogP contribution is -2.54. The van der Waals surface area contributed by atoms with E-state index in [9.17, 15) is 9.59 Å². The van der Waals surface area contributed by atoms with Crippen LogP contribution in [-0.4, -0.2) is 11.9 Å². The van der Waals surface area contributed by atoms with Crippen LogP contribution in [0.3, 0.4) is 0 Å². The van der Waals surface area contributed by atoms with Gasteiger partial charge in [-0.3, -0.25) is 31.8 Å². The Kier molecular flexibility index (Phi) is 3.76. The SMILES string of the molecule is CC1=C(NNC(=O)c2ccc(Cl)cc2)NC(=O)NN1. The molecule has 0 bridgehead atoms. The first kappa shape index (κ1) is 13.0. The lowest BCUT2D eigenvalue weighted by atomic mass is 10.2. The Morgan fingerprint density at radius 3 is 2.58 bits per heavy atom. The maximum atomic E-state index is 11.8. The molecule has 0 atom stereocenters. The monoisotopic (exact) mass is 281 g/mol. The van der Waals surface area contributed by atoms with E-state index in [0.717, 1.165) is 0 Å². The normalized spacial score (nSPS) is 14.1. The third-order valence-electron chi connectivity index (χ3n) is 2.38. The van der Waals surface area contributed by atoms with E-state index in [-0.39, 0.29) is 5.91 Å². The Balaban J connectivity index is 1.97. The van der Waals surface area contributed by atoms with E-state index in [2.05, 4.69) is 27.0 Å². The largest absolute Gasteiger partial charge is 0.339 e. The fourth-order valence-electron chi connectivity index (χ4n) is 1.37. The summed E-state index contributed by atoms with van der Waals surface area (Å²) in [6.07, 6.45) is 0. The van der Waals surface area contributed by atoms with Crippen LogP contribution >= 0.6 is 11.6 Å². The molecule has 7 nitrogen and oxygen atoms in total. The van der Waals surface area contributed by atoms with Crippen LogP contribution in [-0.2, 0) is 0 Å². The Labute approximate surface area is 114 Å². The van der Waals surface area contributed by atoms with Gasteiger partial charge in [0.05, 0.1) is 5.70 Å². The molecule has 0 unspecified atom stereocenters. The number of hydrogen-bond donors (Lipinski definition) is 5. The van der Waals surface area contributed by atoms with Gasteiger partial charge >= 0.3 is 6.03 Å². The summed E-state index contributed by atoms with van der Waals surface area (Å²) in [5.74, 6) is 0.0239. The molecule has 0 aliphatic carbocycles. The molecule has 2 rings (SSSR count). The Morgan fingerprint density at radius 2 is 1.89 bits per heavy atom. The standard InChI is InChI=1S/C11H12ClN5O2/c1-6-9(13-11(19)17-14-6)15-16-10(18)7-2-4-8(12)5-3-7/h2-5,14-15H,1H3,(H,16,18)(H2,13,17,19). The predicted octanol–water partition coefficient (Wildman–Crippen LogP) is 0.581. The number of hydrazine groups is 2. The average Bonchev–Trinajstić information content (AvgIpc) is 2.40. The first-order valence-corrected chi connectivity index (χ1v) is 5.80. The Hall–Kier alpha value is -2.41. The lowest BCUT2D eigenvalue weighted by Gasteiger charge is -2.22. The maximum Gasteiger partial charge on any atom is 0.339 e. The van der Waals surface area contributed by atoms with Gasteiger partial charge in [-0.05, 0) is 31.2 Å². The van der Waals surface area contributed by atoms with Crippen molar-refractivity contribution in [3.05, 3.63) is 46.4 Å². The summed E-state index contributed by atoms with van der Waals surface area (Å²) in [6.45, 7) is 1.73. The van der Waals surface area contributed by atoms with Crippen LogP contribution < -0.4 is 27.0 Å². The molecule has 0 spiro atoms. The van der Waals surface area contributed by atoms with Crippen molar-refractivity contribution in [2.75, 3.05) is 0 Å². The number of hydrogen-bond acceptors (Lipinski definition) is 4. The average molecular weight is 282 g/mol. The third kappa shape index (κ3) is 3.29. The van der Waals surface area contributed by atoms with E-state index in [1.54, 1.807) is 31.2 Å². The molecule has 19 heavy (non-hydrogen) atoms. The van der Waals surface area contributed by atoms with Gasteiger partial charge in [-0.15, -0.1) is 0 Å². The summed E-state index contributed by atoms with van der Waals surface area (Å²) in [4.78, 5) is 22.9. The van der Waals surface area contributed by atoms with Gasteiger partial charge in [0.1, 0.15) is 5.82 Å². The summed E-state index contributed by atoms with van der Waals surface area (Å²) < 4.78 is 0. The zero-order chi connectivity index (χ0) is 13.8. The van der Waals surface area contributed by atoms with Crippen LogP contribution in [0.5, 0.6) is 0 Å². The number of rotatable bonds is 3. The van der Waals surface area contributed by atoms with Crippen LogP contribution in [0, 0.1) is 0 Å². The number of benzene rings is 1. The van der Waals surface area contributed by atoms with E-state index in [1.807, 2.05) is 0 Å². The van der Waals surface area contributed by atoms with E-state index < -0.39 is 6.03 Å². The number of halogens is 1. The van der Waals surface area contributed by atoms with Crippen LogP contribution in [0.2, 0.25) is 5.02 Å². The maximum absolute atomic E-state index is 11.8. The molecule has 0 aromatic heterocycles. The van der Waals surface area contributed by atoms with Gasteiger partial charge in [-0.25, -0.2) is 4.79 Å². The molecule has 0 saturated heterocycles. The molecular weight excluding hydrogens is 270 g/mol. The van der Waals surface area contributed by atoms with E-state index in [1.165, 1.54) is 0 Å². The minimum atomic E-state index is -0.422. The van der Waals surface area contributed by atoms with Crippen LogP contribution in [0.1, 0.15) is 17.3 Å². The van der Waals surface area contributed by atoms with Crippen molar-refractivity contribution in [3.8, 4) is 0 Å². The fraction of sp³-hybridized carbons (Fsp3) is 0.0909. The fourth-order valence-corrected chi connectivity index (χ4v) is 1.50. The van der Waals surface area contributed by atoms with Gasteiger partial charge in [0, 0.05) is 10.6 Å². The second-order valence-electron chi connectivity index (χ2n) is 3.79. The molecule has 0 saturated carbocycles. The molecule has 100 valence electrons. The van der Waals surface area contributed by atoms with Crippen molar-refractivity contribution in [2.24, 2.45) is 0 Å². The molecule has 1 heterocycles. The smallest absolute Gasteiger partial charge is 0.298 e. The summed E-state index contributed by atoms with van der Waals surface area (Å²) in [5.41, 5.74) is 11.2. The highest BCUT2D eigenvalue weighted by atomic mass is 35.5. The second-order valence-corrected chi connectivity index (χ2v) is 4.23. The highest BCUT2D eigenvalue weighted by molar-refractivity contribution is 6.30. The first-order valence-electron chi connectivity index (χ1n) is 5.42. The van der Waals surface area contributed by atoms with Gasteiger partial charge in [-0.1, -0.05) is 11.6 Å². The van der Waals surface area contributed by atoms with Crippen molar-refractivity contribution in [3.63, 3.8) is 0 Å². The van der Waals surface area contributed by atoms with Crippen molar-refractivity contribution in [1.82, 2.24) is 27.0 Å². The summed E-state index contributed by atoms with van der Waals surface area (Å²) in [6, 6.07) is 6.01. The number of carbonyl (C=O) groups is 2. The van der Waals surface area contributed by atoms with Crippen molar-refractivity contribution in [1.29, 1.82) is 0 Å². The van der Waals surface area contributed by atoms with Crippen molar-refractivity contribution in [2.45, 2.75) is 6.92 Å². The van der Waals surface area contributed by atoms with Gasteiger partial charge < -0.3 is 0 Å². The summed E-state index contributed by atoms with van der Waals surface area (Å²) in [7, 11) is 0. The van der Waals surface area contributed by atoms with E-state index in [4.69, 9.17) is 11.6 Å². The molecule has 1 aliphatic rings. The highest BCUT2D eigenvalue weighted by Crippen LogP contribution is 2.09. The predicted molar refractivity (Wildman–Crippen MR) is 69.6 cm³/mol. The summed E-state index contributed by atoms with van der Waals surface area (Å²) in [5, 5.41) is 3.06. The second kappa shape index (κ2) is 5.49. The van der Waals surface area contributed by atoms with E-state index in [0.29, 0.717) is 22.1 Å². The third-order valence-corrected chi connectivity index (χ3v) is 2.64. The number of carbonyl (C=O) groups excluding carboxylic acids is 2. The minimum Gasteiger partial charge on any atom is -0.298 e. The van der Waals surface area contributed by atoms with Gasteiger partial charge in [-0.2, -0.15) is 0 Å². The molecule has 1 aromatic carbocycles. The molecular formula is C11H12ClN5O2. The quantitative estimate of drug-likeness (QED) is 0.524. The number of urea groups is 1. The van der Waals surface area contributed by atoms with Gasteiger partial charge in [0.25, 0.3) is 5.91 Å². The molecule has 0 fully saturated rings. The Morgan fingerprint density at radius 1 is 1.21 bits per heavy atom. The molecule has 5 N–H and O–H groups in total. The number of allylic oxidation sites excluding steroid dienone is 1. The molecule has 8 heteroatoms. The zero-order valence-corrected chi connectivity index (χ0v) is 10.8. The van der Waals surface area contributed by atoms with Crippen molar-refractivity contribution >= 4 is 23.5 Å². The summed E-state index contributed by atoms with van der Waals surface area (Å²) >= 11 is 5.73. The molecule has 1 aromatic rings. The van der Waals surface area contributed by atoms with Crippen LogP contribution in [0.15, 0.2) is 35.8 Å². The van der Waals surface area contributed by atoms with Crippen molar-refractivity contribution < 1.29 is 9.59 Å². The molecule has 1 aliphatic heterocycles. The minimum absolute atomic E-state index is 0.343. The van der Waals surface area contributed by atoms with Crippen LogP contribution in [0.4, 0.5) is 4.79 Å². The molecule has 0 radical (unpaired) electrons. The van der Waals surface area contributed by atoms with E-state index >= 15 is 0 Å². The number of amides is 3. The van der Waals surface area contributed by atoms with Gasteiger partial charge in [0.15, 0.2) is 0 Å². The number of nitrogens with one attached hydrogen (secondary N) is 5.